The molecule has 0 aromatic carbocycles. The van der Waals surface area contributed by atoms with Gasteiger partial charge >= 0.3 is 0 Å². The molecule has 0 unspecified atom stereocenters. The Labute approximate surface area is 97.2 Å². The van der Waals surface area contributed by atoms with Crippen LogP contribution in [0.3, 0.4) is 0 Å². The van der Waals surface area contributed by atoms with Crippen molar-refractivity contribution in [2.45, 2.75) is 0 Å². The number of pyridine rings is 2. The van der Waals surface area contributed by atoms with Crippen LogP contribution in [-0.4, -0.2) is 19.5 Å². The summed E-state index contributed by atoms with van der Waals surface area (Å²) in [6, 6.07) is 8.64. The van der Waals surface area contributed by atoms with E-state index in [2.05, 4.69) is 9.97 Å². The lowest BCUT2D eigenvalue weighted by Crippen LogP contribution is -1.93. The van der Waals surface area contributed by atoms with Crippen molar-refractivity contribution in [3.05, 3.63) is 42.7 Å². The Morgan fingerprint density at radius 3 is 2.94 bits per heavy atom. The van der Waals surface area contributed by atoms with E-state index in [4.69, 9.17) is 5.73 Å². The van der Waals surface area contributed by atoms with E-state index in [1.807, 2.05) is 16.5 Å². The number of hydrogen-bond donors (Lipinski definition) is 2. The van der Waals surface area contributed by atoms with Crippen molar-refractivity contribution >= 4 is 11.5 Å². The van der Waals surface area contributed by atoms with Gasteiger partial charge in [0.05, 0.1) is 17.6 Å². The van der Waals surface area contributed by atoms with Gasteiger partial charge in [-0.25, -0.2) is 9.97 Å². The van der Waals surface area contributed by atoms with Gasteiger partial charge in [0.15, 0.2) is 0 Å². The van der Waals surface area contributed by atoms with Gasteiger partial charge in [-0.15, -0.1) is 0 Å². The summed E-state index contributed by atoms with van der Waals surface area (Å²) >= 11 is 0. The second kappa shape index (κ2) is 3.48. The van der Waals surface area contributed by atoms with E-state index >= 15 is 0 Å². The maximum atomic E-state index is 9.37. The van der Waals surface area contributed by atoms with E-state index in [1.165, 1.54) is 0 Å². The molecular formula is C12H10N4O. The molecule has 3 aromatic heterocycles. The molecule has 3 aromatic rings. The average Bonchev–Trinajstić information content (AvgIpc) is 2.71. The van der Waals surface area contributed by atoms with Gasteiger partial charge in [-0.1, -0.05) is 6.07 Å². The van der Waals surface area contributed by atoms with Gasteiger partial charge in [-0.3, -0.25) is 4.40 Å². The van der Waals surface area contributed by atoms with Crippen LogP contribution in [0.25, 0.3) is 17.0 Å². The molecular weight excluding hydrogens is 216 g/mol. The number of rotatable bonds is 1. The molecule has 0 aliphatic carbocycles. The Morgan fingerprint density at radius 1 is 1.24 bits per heavy atom. The zero-order chi connectivity index (χ0) is 11.8. The molecule has 0 amide bonds. The number of nitrogens with two attached hydrogens (primary N) is 1. The minimum Gasteiger partial charge on any atom is -0.508 e. The number of fused-ring (bicyclic) bond motifs is 1. The van der Waals surface area contributed by atoms with Crippen molar-refractivity contribution in [1.82, 2.24) is 14.4 Å². The molecule has 0 radical (unpaired) electrons. The molecule has 3 N–H and O–H groups in total. The number of anilines is 1. The summed E-state index contributed by atoms with van der Waals surface area (Å²) in [5.74, 6) is 0.659. The minimum atomic E-state index is 0.190. The van der Waals surface area contributed by atoms with E-state index in [-0.39, 0.29) is 5.75 Å². The molecule has 84 valence electrons. The van der Waals surface area contributed by atoms with Crippen molar-refractivity contribution in [3.8, 4) is 17.1 Å². The number of aromatic nitrogens is 3. The lowest BCUT2D eigenvalue weighted by atomic mass is 10.3. The fourth-order valence-electron chi connectivity index (χ4n) is 1.75. The van der Waals surface area contributed by atoms with Crippen molar-refractivity contribution in [2.24, 2.45) is 0 Å². The van der Waals surface area contributed by atoms with Crippen molar-refractivity contribution in [1.29, 1.82) is 0 Å². The van der Waals surface area contributed by atoms with Gasteiger partial charge in [0, 0.05) is 12.3 Å². The molecule has 5 nitrogen and oxygen atoms in total. The highest BCUT2D eigenvalue weighted by Crippen LogP contribution is 2.21. The molecule has 0 saturated heterocycles. The molecule has 0 fully saturated rings. The number of imidazole rings is 1. The predicted octanol–water partition coefficient (Wildman–Crippen LogP) is 1.68. The van der Waals surface area contributed by atoms with Crippen LogP contribution in [0.4, 0.5) is 5.82 Å². The first-order chi connectivity index (χ1) is 8.24. The zero-order valence-corrected chi connectivity index (χ0v) is 8.91. The van der Waals surface area contributed by atoms with Gasteiger partial charge < -0.3 is 10.8 Å². The summed E-state index contributed by atoms with van der Waals surface area (Å²) in [4.78, 5) is 8.45. The van der Waals surface area contributed by atoms with E-state index in [0.29, 0.717) is 11.5 Å². The van der Waals surface area contributed by atoms with Gasteiger partial charge in [0.2, 0.25) is 0 Å². The Morgan fingerprint density at radius 2 is 2.12 bits per heavy atom. The number of hydrogen-bond acceptors (Lipinski definition) is 4. The molecule has 5 heteroatoms. The summed E-state index contributed by atoms with van der Waals surface area (Å²) in [5.41, 5.74) is 7.92. The molecule has 17 heavy (non-hydrogen) atoms. The first-order valence-corrected chi connectivity index (χ1v) is 5.13. The summed E-state index contributed by atoms with van der Waals surface area (Å²) in [5, 5.41) is 9.37. The van der Waals surface area contributed by atoms with Gasteiger partial charge in [0.25, 0.3) is 0 Å². The molecule has 3 rings (SSSR count). The maximum absolute atomic E-state index is 9.37. The predicted molar refractivity (Wildman–Crippen MR) is 64.5 cm³/mol. The Balaban J connectivity index is 2.24. The molecule has 0 atom stereocenters. The number of nitrogens with zero attached hydrogens (tertiary/aromatic N) is 3. The monoisotopic (exact) mass is 226 g/mol. The second-order valence-electron chi connectivity index (χ2n) is 3.70. The highest BCUT2D eigenvalue weighted by molar-refractivity contribution is 5.62. The van der Waals surface area contributed by atoms with Crippen molar-refractivity contribution in [3.63, 3.8) is 0 Å². The second-order valence-corrected chi connectivity index (χ2v) is 3.70. The minimum absolute atomic E-state index is 0.190. The van der Waals surface area contributed by atoms with E-state index in [0.717, 1.165) is 11.4 Å². The van der Waals surface area contributed by atoms with Crippen LogP contribution < -0.4 is 5.73 Å². The SMILES string of the molecule is Nc1cccc(-c2cnc3cc(O)ccn23)n1. The first kappa shape index (κ1) is 9.65. The number of aromatic hydroxyl groups is 1. The topological polar surface area (TPSA) is 76.4 Å². The summed E-state index contributed by atoms with van der Waals surface area (Å²) in [6.07, 6.45) is 3.45. The van der Waals surface area contributed by atoms with Gasteiger partial charge in [-0.2, -0.15) is 0 Å². The fourth-order valence-corrected chi connectivity index (χ4v) is 1.75. The Kier molecular flexibility index (Phi) is 1.98. The molecule has 0 saturated carbocycles. The zero-order valence-electron chi connectivity index (χ0n) is 8.91. The van der Waals surface area contributed by atoms with Crippen LogP contribution in [0.15, 0.2) is 42.7 Å². The van der Waals surface area contributed by atoms with E-state index in [1.54, 1.807) is 30.6 Å². The lowest BCUT2D eigenvalue weighted by molar-refractivity contribution is 0.475. The van der Waals surface area contributed by atoms with Crippen LogP contribution in [0.5, 0.6) is 5.75 Å². The highest BCUT2D eigenvalue weighted by atomic mass is 16.3. The van der Waals surface area contributed by atoms with Crippen molar-refractivity contribution < 1.29 is 5.11 Å². The largest absolute Gasteiger partial charge is 0.508 e. The van der Waals surface area contributed by atoms with E-state index < -0.39 is 0 Å². The van der Waals surface area contributed by atoms with Crippen LogP contribution in [0.2, 0.25) is 0 Å². The Bertz CT molecular complexity index is 690. The lowest BCUT2D eigenvalue weighted by Gasteiger charge is -2.02. The molecule has 0 bridgehead atoms. The number of nitrogen functional groups attached to an aromatic ring is 1. The van der Waals surface area contributed by atoms with Crippen molar-refractivity contribution in [2.75, 3.05) is 5.73 Å². The fraction of sp³-hybridized carbons (Fsp3) is 0. The summed E-state index contributed by atoms with van der Waals surface area (Å²) in [6.45, 7) is 0. The molecule has 0 aliphatic rings. The maximum Gasteiger partial charge on any atom is 0.140 e. The van der Waals surface area contributed by atoms with Crippen LogP contribution in [-0.2, 0) is 0 Å². The quantitative estimate of drug-likeness (QED) is 0.662. The standard InChI is InChI=1S/C12H10N4O/c13-11-3-1-2-9(15-11)10-7-14-12-6-8(17)4-5-16(10)12/h1-7,17H,(H2,13,15). The highest BCUT2D eigenvalue weighted by Gasteiger charge is 2.07. The average molecular weight is 226 g/mol. The summed E-state index contributed by atoms with van der Waals surface area (Å²) in [7, 11) is 0. The van der Waals surface area contributed by atoms with Crippen LogP contribution >= 0.6 is 0 Å². The van der Waals surface area contributed by atoms with Gasteiger partial charge in [-0.05, 0) is 18.2 Å². The van der Waals surface area contributed by atoms with Crippen LogP contribution in [0.1, 0.15) is 0 Å². The third-order valence-electron chi connectivity index (χ3n) is 2.53. The Hall–Kier alpha value is -2.56. The smallest absolute Gasteiger partial charge is 0.140 e. The first-order valence-electron chi connectivity index (χ1n) is 5.13. The molecule has 0 spiro atoms. The third-order valence-corrected chi connectivity index (χ3v) is 2.53. The summed E-state index contributed by atoms with van der Waals surface area (Å²) < 4.78 is 1.85. The van der Waals surface area contributed by atoms with Gasteiger partial charge in [0.1, 0.15) is 17.2 Å². The third kappa shape index (κ3) is 1.57. The van der Waals surface area contributed by atoms with Crippen LogP contribution in [0, 0.1) is 0 Å². The van der Waals surface area contributed by atoms with E-state index in [9.17, 15) is 5.11 Å². The molecule has 0 aliphatic heterocycles. The normalized spacial score (nSPS) is 10.8. The molecule has 3 heterocycles.